The van der Waals surface area contributed by atoms with E-state index in [-0.39, 0.29) is 13.2 Å². The molecule has 0 radical (unpaired) electrons. The van der Waals surface area contributed by atoms with E-state index in [1.54, 1.807) is 12.1 Å². The zero-order valence-corrected chi connectivity index (χ0v) is 15.0. The average molecular weight is 372 g/mol. The number of hydrogen-bond donors (Lipinski definition) is 2. The van der Waals surface area contributed by atoms with Gasteiger partial charge in [0, 0.05) is 24.9 Å². The van der Waals surface area contributed by atoms with Gasteiger partial charge in [0.1, 0.15) is 18.9 Å². The van der Waals surface area contributed by atoms with Crippen LogP contribution in [-0.2, 0) is 18.0 Å². The molecule has 0 aliphatic carbocycles. The number of aromatic nitrogens is 2. The first-order chi connectivity index (χ1) is 13.2. The minimum absolute atomic E-state index is 0.119. The van der Waals surface area contributed by atoms with Gasteiger partial charge in [0.25, 0.3) is 0 Å². The fourth-order valence-electron chi connectivity index (χ4n) is 2.29. The number of esters is 1. The first kappa shape index (κ1) is 20.1. The molecule has 0 saturated heterocycles. The van der Waals surface area contributed by atoms with Crippen LogP contribution in [0.2, 0.25) is 0 Å². The van der Waals surface area contributed by atoms with Gasteiger partial charge in [-0.25, -0.2) is 9.78 Å². The Morgan fingerprint density at radius 1 is 1.15 bits per heavy atom. The SMILES string of the molecule is CO.COC(=O)c1ccc(OCc2c(-c3ccccc3)noc2CO)nc1. The first-order valence-electron chi connectivity index (χ1n) is 7.98. The number of aliphatic hydroxyl groups excluding tert-OH is 2. The number of aliphatic hydroxyl groups is 2. The molecular weight excluding hydrogens is 352 g/mol. The normalized spacial score (nSPS) is 9.93. The summed E-state index contributed by atoms with van der Waals surface area (Å²) >= 11 is 0. The van der Waals surface area contributed by atoms with Crippen molar-refractivity contribution in [3.8, 4) is 17.1 Å². The van der Waals surface area contributed by atoms with Gasteiger partial charge in [0.05, 0.1) is 18.2 Å². The van der Waals surface area contributed by atoms with E-state index in [1.165, 1.54) is 13.3 Å². The van der Waals surface area contributed by atoms with Gasteiger partial charge in [-0.2, -0.15) is 0 Å². The summed E-state index contributed by atoms with van der Waals surface area (Å²) < 4.78 is 15.5. The van der Waals surface area contributed by atoms with Crippen molar-refractivity contribution in [2.24, 2.45) is 0 Å². The Balaban J connectivity index is 0.00000126. The molecule has 0 fully saturated rings. The zero-order chi connectivity index (χ0) is 19.6. The van der Waals surface area contributed by atoms with E-state index in [1.807, 2.05) is 30.3 Å². The van der Waals surface area contributed by atoms with E-state index < -0.39 is 5.97 Å². The molecule has 2 N–H and O–H groups in total. The number of nitrogens with zero attached hydrogens (tertiary/aromatic N) is 2. The van der Waals surface area contributed by atoms with Crippen LogP contribution < -0.4 is 4.74 Å². The van der Waals surface area contributed by atoms with E-state index >= 15 is 0 Å². The summed E-state index contributed by atoms with van der Waals surface area (Å²) in [6, 6.07) is 12.6. The number of rotatable bonds is 6. The molecule has 3 rings (SSSR count). The predicted octanol–water partition coefficient (Wildman–Crippen LogP) is 2.20. The number of carbonyl (C=O) groups is 1. The molecule has 0 spiro atoms. The summed E-state index contributed by atoms with van der Waals surface area (Å²) in [6.07, 6.45) is 1.37. The highest BCUT2D eigenvalue weighted by molar-refractivity contribution is 5.88. The van der Waals surface area contributed by atoms with Crippen molar-refractivity contribution in [2.45, 2.75) is 13.2 Å². The molecule has 27 heavy (non-hydrogen) atoms. The van der Waals surface area contributed by atoms with Crippen LogP contribution in [0.25, 0.3) is 11.3 Å². The second-order valence-corrected chi connectivity index (χ2v) is 5.12. The van der Waals surface area contributed by atoms with E-state index in [2.05, 4.69) is 14.9 Å². The van der Waals surface area contributed by atoms with Gasteiger partial charge >= 0.3 is 5.97 Å². The lowest BCUT2D eigenvalue weighted by Gasteiger charge is -2.07. The Morgan fingerprint density at radius 2 is 1.89 bits per heavy atom. The van der Waals surface area contributed by atoms with Crippen LogP contribution >= 0.6 is 0 Å². The third kappa shape index (κ3) is 4.90. The predicted molar refractivity (Wildman–Crippen MR) is 95.9 cm³/mol. The summed E-state index contributed by atoms with van der Waals surface area (Å²) in [5.41, 5.74) is 2.45. The minimum Gasteiger partial charge on any atom is -0.473 e. The minimum atomic E-state index is -0.466. The van der Waals surface area contributed by atoms with Crippen molar-refractivity contribution in [3.63, 3.8) is 0 Å². The van der Waals surface area contributed by atoms with Gasteiger partial charge in [-0.05, 0) is 6.07 Å². The van der Waals surface area contributed by atoms with Crippen LogP contribution in [0.4, 0.5) is 0 Å². The van der Waals surface area contributed by atoms with Gasteiger partial charge in [0.15, 0.2) is 5.76 Å². The number of ether oxygens (including phenoxy) is 2. The topological polar surface area (TPSA) is 115 Å². The summed E-state index contributed by atoms with van der Waals surface area (Å²) in [7, 11) is 2.31. The molecule has 8 heteroatoms. The fraction of sp³-hybridized carbons (Fsp3) is 0.211. The maximum Gasteiger partial charge on any atom is 0.339 e. The Bertz CT molecular complexity index is 846. The smallest absolute Gasteiger partial charge is 0.339 e. The Kier molecular flexibility index (Phi) is 7.48. The Morgan fingerprint density at radius 3 is 2.48 bits per heavy atom. The molecule has 0 amide bonds. The standard InChI is InChI=1S/C18H16N2O5.CH4O/c1-23-18(22)13-7-8-16(19-9-13)24-11-14-15(10-21)25-20-17(14)12-5-3-2-4-6-12;1-2/h2-9,21H,10-11H2,1H3;2H,1H3. The lowest BCUT2D eigenvalue weighted by molar-refractivity contribution is 0.0600. The lowest BCUT2D eigenvalue weighted by Crippen LogP contribution is -2.04. The second-order valence-electron chi connectivity index (χ2n) is 5.12. The molecule has 0 aliphatic rings. The van der Waals surface area contributed by atoms with Crippen LogP contribution in [0.5, 0.6) is 5.88 Å². The quantitative estimate of drug-likeness (QED) is 0.633. The summed E-state index contributed by atoms with van der Waals surface area (Å²) in [6.45, 7) is -0.165. The Hall–Kier alpha value is -3.23. The van der Waals surface area contributed by atoms with Crippen LogP contribution in [0, 0.1) is 0 Å². The zero-order valence-electron chi connectivity index (χ0n) is 15.0. The second kappa shape index (κ2) is 10.0. The monoisotopic (exact) mass is 372 g/mol. The van der Waals surface area contributed by atoms with Crippen LogP contribution in [0.1, 0.15) is 21.7 Å². The number of hydrogen-bond acceptors (Lipinski definition) is 8. The van der Waals surface area contributed by atoms with E-state index in [0.717, 1.165) is 12.7 Å². The van der Waals surface area contributed by atoms with E-state index in [4.69, 9.17) is 14.4 Å². The molecule has 0 atom stereocenters. The third-order valence-electron chi connectivity index (χ3n) is 3.58. The highest BCUT2D eigenvalue weighted by atomic mass is 16.5. The van der Waals surface area contributed by atoms with Gasteiger partial charge in [-0.3, -0.25) is 0 Å². The number of methoxy groups -OCH3 is 1. The molecule has 142 valence electrons. The number of benzene rings is 1. The van der Waals surface area contributed by atoms with Gasteiger partial charge < -0.3 is 24.2 Å². The maximum absolute atomic E-state index is 11.4. The molecule has 8 nitrogen and oxygen atoms in total. The largest absolute Gasteiger partial charge is 0.473 e. The molecule has 2 aromatic heterocycles. The van der Waals surface area contributed by atoms with E-state index in [0.29, 0.717) is 28.5 Å². The summed E-state index contributed by atoms with van der Waals surface area (Å²) in [4.78, 5) is 15.5. The van der Waals surface area contributed by atoms with Crippen LogP contribution in [0.15, 0.2) is 53.2 Å². The lowest BCUT2D eigenvalue weighted by atomic mass is 10.1. The highest BCUT2D eigenvalue weighted by Crippen LogP contribution is 2.26. The molecule has 0 saturated carbocycles. The summed E-state index contributed by atoms with van der Waals surface area (Å²) in [5.74, 6) is 0.203. The molecule has 1 aromatic carbocycles. The molecule has 2 heterocycles. The maximum atomic E-state index is 11.4. The van der Waals surface area contributed by atoms with Crippen molar-refractivity contribution >= 4 is 5.97 Å². The molecule has 0 bridgehead atoms. The van der Waals surface area contributed by atoms with E-state index in [9.17, 15) is 9.90 Å². The van der Waals surface area contributed by atoms with Gasteiger partial charge in [-0.15, -0.1) is 0 Å². The van der Waals surface area contributed by atoms with Crippen molar-refractivity contribution in [1.82, 2.24) is 10.1 Å². The number of pyridine rings is 1. The fourth-order valence-corrected chi connectivity index (χ4v) is 2.29. The summed E-state index contributed by atoms with van der Waals surface area (Å²) in [5, 5.41) is 20.5. The van der Waals surface area contributed by atoms with Crippen LogP contribution in [-0.4, -0.2) is 40.5 Å². The van der Waals surface area contributed by atoms with Crippen molar-refractivity contribution in [2.75, 3.05) is 14.2 Å². The molecule has 0 unspecified atom stereocenters. The molecular formula is C19H20N2O6. The van der Waals surface area contributed by atoms with Crippen molar-refractivity contribution in [1.29, 1.82) is 0 Å². The molecule has 3 aromatic rings. The third-order valence-corrected chi connectivity index (χ3v) is 3.58. The first-order valence-corrected chi connectivity index (χ1v) is 7.98. The van der Waals surface area contributed by atoms with Gasteiger partial charge in [0.2, 0.25) is 5.88 Å². The van der Waals surface area contributed by atoms with Crippen LogP contribution in [0.3, 0.4) is 0 Å². The van der Waals surface area contributed by atoms with Gasteiger partial charge in [-0.1, -0.05) is 35.5 Å². The van der Waals surface area contributed by atoms with Crippen molar-refractivity contribution in [3.05, 3.63) is 65.5 Å². The highest BCUT2D eigenvalue weighted by Gasteiger charge is 2.18. The van der Waals surface area contributed by atoms with Crippen molar-refractivity contribution < 1.29 is 29.0 Å². The Labute approximate surface area is 156 Å². The molecule has 0 aliphatic heterocycles. The number of carbonyl (C=O) groups excluding carboxylic acids is 1. The average Bonchev–Trinajstić information content (AvgIpc) is 3.17.